The van der Waals surface area contributed by atoms with Gasteiger partial charge in [-0.3, -0.25) is 0 Å². The largest absolute Gasteiger partial charge is 0.311 e. The molecule has 0 aliphatic heterocycles. The maximum absolute atomic E-state index is 10.1. The van der Waals surface area contributed by atoms with Crippen molar-refractivity contribution < 1.29 is 8.42 Å². The monoisotopic (exact) mass is 161 g/mol. The molecule has 1 saturated carbocycles. The zero-order chi connectivity index (χ0) is 7.40. The van der Waals surface area contributed by atoms with Crippen molar-refractivity contribution in [2.24, 2.45) is 4.36 Å². The Hall–Kier alpha value is -0.380. The topological polar surface area (TPSA) is 46.5 Å². The Balaban J connectivity index is 2.48. The van der Waals surface area contributed by atoms with Gasteiger partial charge in [0.2, 0.25) is 0 Å². The molecule has 0 saturated heterocycles. The molecule has 0 N–H and O–H groups in total. The molecule has 0 aromatic heterocycles. The van der Waals surface area contributed by atoms with Crippen LogP contribution in [0.15, 0.2) is 4.36 Å². The summed E-state index contributed by atoms with van der Waals surface area (Å²) in [4.78, 5) is 0. The van der Waals surface area contributed by atoms with Crippen molar-refractivity contribution in [3.8, 4) is 0 Å². The van der Waals surface area contributed by atoms with Crippen LogP contribution in [0.25, 0.3) is 0 Å². The average molecular weight is 161 g/mol. The van der Waals surface area contributed by atoms with E-state index in [0.29, 0.717) is 0 Å². The van der Waals surface area contributed by atoms with E-state index in [1.54, 1.807) is 0 Å². The fourth-order valence-corrected chi connectivity index (χ4v) is 1.76. The molecular formula is C6H11NO2S. The van der Waals surface area contributed by atoms with E-state index in [1.807, 2.05) is 0 Å². The minimum atomic E-state index is -2.19. The van der Waals surface area contributed by atoms with Crippen molar-refractivity contribution in [3.05, 3.63) is 0 Å². The Morgan fingerprint density at radius 2 is 1.70 bits per heavy atom. The first-order valence-electron chi connectivity index (χ1n) is 3.59. The summed E-state index contributed by atoms with van der Waals surface area (Å²) in [6.07, 6.45) is 5.40. The second-order valence-electron chi connectivity index (χ2n) is 2.61. The van der Waals surface area contributed by atoms with E-state index in [-0.39, 0.29) is 6.04 Å². The second-order valence-corrected chi connectivity index (χ2v) is 3.26. The van der Waals surface area contributed by atoms with Crippen LogP contribution in [-0.2, 0) is 10.5 Å². The first-order chi connectivity index (χ1) is 4.79. The highest BCUT2D eigenvalue weighted by molar-refractivity contribution is 7.61. The normalized spacial score (nSPS) is 20.4. The van der Waals surface area contributed by atoms with Crippen LogP contribution < -0.4 is 0 Å². The molecule has 1 aliphatic rings. The Morgan fingerprint density at radius 3 is 2.20 bits per heavy atom. The maximum Gasteiger partial charge on any atom is 0.311 e. The molecule has 0 spiro atoms. The van der Waals surface area contributed by atoms with Crippen molar-refractivity contribution in [3.63, 3.8) is 0 Å². The standard InChI is InChI=1S/C6H11NO2S/c8-10(9)7-6-4-2-1-3-5-6/h6H,1-5H2. The molecule has 0 bridgehead atoms. The predicted octanol–water partition coefficient (Wildman–Crippen LogP) is 1.38. The molecule has 3 nitrogen and oxygen atoms in total. The van der Waals surface area contributed by atoms with Crippen LogP contribution in [0.4, 0.5) is 0 Å². The third kappa shape index (κ3) is 2.47. The second kappa shape index (κ2) is 3.71. The van der Waals surface area contributed by atoms with Crippen molar-refractivity contribution in [1.82, 2.24) is 0 Å². The van der Waals surface area contributed by atoms with Gasteiger partial charge in [0, 0.05) is 0 Å². The SMILES string of the molecule is O=S(=O)=NC1CCCCC1. The summed E-state index contributed by atoms with van der Waals surface area (Å²) in [5, 5.41) is 0. The van der Waals surface area contributed by atoms with Gasteiger partial charge in [0.05, 0.1) is 6.04 Å². The van der Waals surface area contributed by atoms with Crippen LogP contribution >= 0.6 is 0 Å². The summed E-state index contributed by atoms with van der Waals surface area (Å²) in [7, 11) is -2.19. The Kier molecular flexibility index (Phi) is 2.86. The van der Waals surface area contributed by atoms with Crippen LogP contribution in [0.5, 0.6) is 0 Å². The Bertz CT molecular complexity index is 206. The van der Waals surface area contributed by atoms with Gasteiger partial charge in [-0.25, -0.2) is 0 Å². The van der Waals surface area contributed by atoms with E-state index in [2.05, 4.69) is 4.36 Å². The van der Waals surface area contributed by atoms with Crippen molar-refractivity contribution in [2.75, 3.05) is 0 Å². The third-order valence-electron chi connectivity index (χ3n) is 1.81. The lowest BCUT2D eigenvalue weighted by molar-refractivity contribution is 0.444. The third-order valence-corrected chi connectivity index (χ3v) is 2.28. The van der Waals surface area contributed by atoms with Gasteiger partial charge in [-0.2, -0.15) is 12.8 Å². The van der Waals surface area contributed by atoms with E-state index in [9.17, 15) is 8.42 Å². The zero-order valence-corrected chi connectivity index (χ0v) is 6.60. The molecule has 0 aromatic carbocycles. The van der Waals surface area contributed by atoms with E-state index < -0.39 is 10.5 Å². The van der Waals surface area contributed by atoms with Crippen LogP contribution in [0.1, 0.15) is 32.1 Å². The van der Waals surface area contributed by atoms with Gasteiger partial charge in [0.15, 0.2) is 0 Å². The summed E-state index contributed by atoms with van der Waals surface area (Å²) >= 11 is 0. The lowest BCUT2D eigenvalue weighted by Crippen LogP contribution is -2.08. The summed E-state index contributed by atoms with van der Waals surface area (Å²) < 4.78 is 23.8. The van der Waals surface area contributed by atoms with Gasteiger partial charge in [-0.05, 0) is 12.8 Å². The lowest BCUT2D eigenvalue weighted by atomic mass is 9.97. The fraction of sp³-hybridized carbons (Fsp3) is 1.00. The number of hydrogen-bond donors (Lipinski definition) is 0. The average Bonchev–Trinajstić information content (AvgIpc) is 1.88. The summed E-state index contributed by atoms with van der Waals surface area (Å²) in [6, 6.07) is 0.0899. The molecule has 10 heavy (non-hydrogen) atoms. The molecule has 0 unspecified atom stereocenters. The van der Waals surface area contributed by atoms with Crippen molar-refractivity contribution in [2.45, 2.75) is 38.1 Å². The van der Waals surface area contributed by atoms with Gasteiger partial charge in [-0.1, -0.05) is 19.3 Å². The highest BCUT2D eigenvalue weighted by atomic mass is 32.2. The van der Waals surface area contributed by atoms with Crippen LogP contribution in [0, 0.1) is 0 Å². The molecule has 58 valence electrons. The van der Waals surface area contributed by atoms with Crippen LogP contribution in [0.3, 0.4) is 0 Å². The van der Waals surface area contributed by atoms with Crippen LogP contribution in [-0.4, -0.2) is 14.5 Å². The molecule has 0 atom stereocenters. The molecule has 1 rings (SSSR count). The quantitative estimate of drug-likeness (QED) is 0.583. The van der Waals surface area contributed by atoms with Gasteiger partial charge in [0.1, 0.15) is 0 Å². The van der Waals surface area contributed by atoms with Gasteiger partial charge in [0.25, 0.3) is 0 Å². The molecule has 1 fully saturated rings. The summed E-state index contributed by atoms with van der Waals surface area (Å²) in [5.41, 5.74) is 0. The molecule has 0 heterocycles. The lowest BCUT2D eigenvalue weighted by Gasteiger charge is -2.14. The van der Waals surface area contributed by atoms with Crippen LogP contribution in [0.2, 0.25) is 0 Å². The summed E-state index contributed by atoms with van der Waals surface area (Å²) in [6.45, 7) is 0. The Labute approximate surface area is 62.2 Å². The number of nitrogens with zero attached hydrogens (tertiary/aromatic N) is 1. The smallest absolute Gasteiger partial charge is 0.168 e. The minimum Gasteiger partial charge on any atom is -0.168 e. The highest BCUT2D eigenvalue weighted by Gasteiger charge is 2.11. The highest BCUT2D eigenvalue weighted by Crippen LogP contribution is 2.19. The fourth-order valence-electron chi connectivity index (χ4n) is 1.31. The van der Waals surface area contributed by atoms with E-state index in [0.717, 1.165) is 25.7 Å². The molecule has 0 aromatic rings. The predicted molar refractivity (Wildman–Crippen MR) is 38.2 cm³/mol. The molecule has 4 heteroatoms. The summed E-state index contributed by atoms with van der Waals surface area (Å²) in [5.74, 6) is 0. The van der Waals surface area contributed by atoms with Crippen molar-refractivity contribution in [1.29, 1.82) is 0 Å². The molecule has 0 radical (unpaired) electrons. The van der Waals surface area contributed by atoms with Gasteiger partial charge >= 0.3 is 10.5 Å². The van der Waals surface area contributed by atoms with E-state index in [1.165, 1.54) is 6.42 Å². The number of hydrogen-bond acceptors (Lipinski definition) is 3. The minimum absolute atomic E-state index is 0.0899. The van der Waals surface area contributed by atoms with Gasteiger partial charge < -0.3 is 0 Å². The molecule has 1 aliphatic carbocycles. The molecule has 0 amide bonds. The van der Waals surface area contributed by atoms with E-state index >= 15 is 0 Å². The van der Waals surface area contributed by atoms with E-state index in [4.69, 9.17) is 0 Å². The zero-order valence-electron chi connectivity index (χ0n) is 5.78. The van der Waals surface area contributed by atoms with Gasteiger partial charge in [-0.15, -0.1) is 0 Å². The maximum atomic E-state index is 10.1. The first-order valence-corrected chi connectivity index (χ1v) is 4.62. The van der Waals surface area contributed by atoms with Crippen molar-refractivity contribution >= 4 is 10.5 Å². The molecular weight excluding hydrogens is 150 g/mol. The number of rotatable bonds is 1. The Morgan fingerprint density at radius 1 is 1.10 bits per heavy atom. The first kappa shape index (κ1) is 7.72.